The maximum atomic E-state index is 12.4. The lowest BCUT2D eigenvalue weighted by Gasteiger charge is -2.25. The third kappa shape index (κ3) is 6.52. The second kappa shape index (κ2) is 10.5. The molecule has 7 heteroatoms. The number of carbonyl (C=O) groups excluding carboxylic acids is 3. The van der Waals surface area contributed by atoms with Crippen molar-refractivity contribution in [2.75, 3.05) is 0 Å². The molecule has 7 nitrogen and oxygen atoms in total. The molecule has 0 saturated carbocycles. The Hall–Kier alpha value is -3.45. The molecule has 4 atom stereocenters. The van der Waals surface area contributed by atoms with Crippen LogP contribution in [0.4, 0.5) is 0 Å². The molecule has 0 aliphatic carbocycles. The molecule has 0 spiro atoms. The lowest BCUT2D eigenvalue weighted by Crippen LogP contribution is -2.35. The first-order valence-electron chi connectivity index (χ1n) is 10.0. The van der Waals surface area contributed by atoms with E-state index in [0.29, 0.717) is 11.1 Å². The molecule has 0 radical (unpaired) electrons. The lowest BCUT2D eigenvalue weighted by atomic mass is 10.1. The Morgan fingerprint density at radius 2 is 1.45 bits per heavy atom. The smallest absolute Gasteiger partial charge is 0.338 e. The zero-order valence-electron chi connectivity index (χ0n) is 17.0. The van der Waals surface area contributed by atoms with E-state index in [4.69, 9.17) is 14.2 Å². The predicted octanol–water partition coefficient (Wildman–Crippen LogP) is 3.08. The number of esters is 3. The Morgan fingerprint density at radius 3 is 2.03 bits per heavy atom. The van der Waals surface area contributed by atoms with Crippen LogP contribution >= 0.6 is 0 Å². The highest BCUT2D eigenvalue weighted by Gasteiger charge is 2.28. The van der Waals surface area contributed by atoms with E-state index in [1.165, 1.54) is 6.08 Å². The van der Waals surface area contributed by atoms with Crippen LogP contribution in [0.25, 0.3) is 0 Å². The van der Waals surface area contributed by atoms with Gasteiger partial charge in [-0.05, 0) is 43.3 Å². The molecule has 0 saturated heterocycles. The summed E-state index contributed by atoms with van der Waals surface area (Å²) in [6.07, 6.45) is -0.854. The van der Waals surface area contributed by atoms with Crippen LogP contribution in [0.5, 0.6) is 0 Å². The topological polar surface area (TPSA) is 99.1 Å². The Labute approximate surface area is 180 Å². The lowest BCUT2D eigenvalue weighted by molar-refractivity contribution is -0.153. The van der Waals surface area contributed by atoms with E-state index in [9.17, 15) is 19.5 Å². The van der Waals surface area contributed by atoms with Crippen LogP contribution < -0.4 is 0 Å². The zero-order valence-corrected chi connectivity index (χ0v) is 17.0. The molecular weight excluding hydrogens is 400 g/mol. The molecule has 0 bridgehead atoms. The van der Waals surface area contributed by atoms with E-state index in [2.05, 4.69) is 0 Å². The Kier molecular flexibility index (Phi) is 7.56. The summed E-state index contributed by atoms with van der Waals surface area (Å²) < 4.78 is 16.2. The summed E-state index contributed by atoms with van der Waals surface area (Å²) >= 11 is 0. The highest BCUT2D eigenvalue weighted by Crippen LogP contribution is 2.18. The maximum Gasteiger partial charge on any atom is 0.338 e. The number of cyclic esters (lactones) is 1. The maximum absolute atomic E-state index is 12.4. The third-order valence-electron chi connectivity index (χ3n) is 4.69. The SMILES string of the molecule is CC1CC(OC(=O)c2ccccc2)/C=C\C(OC(=O)c2ccccc2)C(O)CC(=O)O1. The van der Waals surface area contributed by atoms with Crippen molar-refractivity contribution in [3.8, 4) is 0 Å². The van der Waals surface area contributed by atoms with Gasteiger partial charge in [0, 0.05) is 6.42 Å². The fourth-order valence-corrected chi connectivity index (χ4v) is 3.13. The van der Waals surface area contributed by atoms with Crippen molar-refractivity contribution in [3.05, 3.63) is 83.9 Å². The summed E-state index contributed by atoms with van der Waals surface area (Å²) in [4.78, 5) is 37.0. The average molecular weight is 424 g/mol. The highest BCUT2D eigenvalue weighted by molar-refractivity contribution is 5.90. The molecule has 31 heavy (non-hydrogen) atoms. The Balaban J connectivity index is 1.79. The minimum Gasteiger partial charge on any atom is -0.462 e. The van der Waals surface area contributed by atoms with Crippen LogP contribution in [-0.4, -0.2) is 47.4 Å². The first kappa shape index (κ1) is 22.2. The van der Waals surface area contributed by atoms with Crippen molar-refractivity contribution in [2.45, 2.75) is 44.2 Å². The fraction of sp³-hybridized carbons (Fsp3) is 0.292. The molecule has 2 aromatic rings. The number of hydrogen-bond donors (Lipinski definition) is 1. The van der Waals surface area contributed by atoms with Gasteiger partial charge in [0.05, 0.1) is 17.5 Å². The van der Waals surface area contributed by atoms with E-state index in [-0.39, 0.29) is 12.8 Å². The standard InChI is InChI=1S/C24H24O7/c1-16-14-19(30-23(27)17-8-4-2-5-9-17)12-13-21(20(25)15-22(26)29-16)31-24(28)18-10-6-3-7-11-18/h2-13,16,19-21,25H,14-15H2,1H3/b13-12-. The van der Waals surface area contributed by atoms with E-state index >= 15 is 0 Å². The van der Waals surface area contributed by atoms with Gasteiger partial charge in [0.15, 0.2) is 0 Å². The molecule has 4 unspecified atom stereocenters. The summed E-state index contributed by atoms with van der Waals surface area (Å²) in [5.74, 6) is -1.82. The van der Waals surface area contributed by atoms with Gasteiger partial charge in [-0.1, -0.05) is 36.4 Å². The summed E-state index contributed by atoms with van der Waals surface area (Å²) in [7, 11) is 0. The molecule has 2 aromatic carbocycles. The average Bonchev–Trinajstić information content (AvgIpc) is 2.76. The third-order valence-corrected chi connectivity index (χ3v) is 4.69. The monoisotopic (exact) mass is 424 g/mol. The molecular formula is C24H24O7. The second-order valence-corrected chi connectivity index (χ2v) is 7.24. The van der Waals surface area contributed by atoms with Crippen LogP contribution in [0.1, 0.15) is 40.5 Å². The first-order valence-corrected chi connectivity index (χ1v) is 10.0. The van der Waals surface area contributed by atoms with Crippen molar-refractivity contribution < 1.29 is 33.7 Å². The second-order valence-electron chi connectivity index (χ2n) is 7.24. The number of benzene rings is 2. The summed E-state index contributed by atoms with van der Waals surface area (Å²) in [5.41, 5.74) is 0.688. The van der Waals surface area contributed by atoms with Gasteiger partial charge in [0.25, 0.3) is 0 Å². The van der Waals surface area contributed by atoms with E-state index in [1.807, 2.05) is 0 Å². The van der Waals surface area contributed by atoms with E-state index in [1.54, 1.807) is 73.7 Å². The molecule has 0 amide bonds. The number of carbonyl (C=O) groups is 3. The largest absolute Gasteiger partial charge is 0.462 e. The van der Waals surface area contributed by atoms with Crippen LogP contribution in [0.2, 0.25) is 0 Å². The van der Waals surface area contributed by atoms with Gasteiger partial charge in [0.2, 0.25) is 0 Å². The van der Waals surface area contributed by atoms with Crippen molar-refractivity contribution in [3.63, 3.8) is 0 Å². The molecule has 1 aliphatic heterocycles. The predicted molar refractivity (Wildman–Crippen MR) is 111 cm³/mol. The number of ether oxygens (including phenoxy) is 3. The fourth-order valence-electron chi connectivity index (χ4n) is 3.13. The van der Waals surface area contributed by atoms with Gasteiger partial charge in [-0.15, -0.1) is 0 Å². The van der Waals surface area contributed by atoms with Crippen molar-refractivity contribution in [1.29, 1.82) is 0 Å². The zero-order chi connectivity index (χ0) is 22.2. The molecule has 1 heterocycles. The molecule has 1 aliphatic rings. The minimum absolute atomic E-state index is 0.219. The molecule has 1 N–H and O–H groups in total. The number of aliphatic hydroxyl groups is 1. The Morgan fingerprint density at radius 1 is 0.903 bits per heavy atom. The summed E-state index contributed by atoms with van der Waals surface area (Å²) in [5, 5.41) is 10.5. The van der Waals surface area contributed by atoms with E-state index in [0.717, 1.165) is 0 Å². The van der Waals surface area contributed by atoms with Crippen molar-refractivity contribution in [2.24, 2.45) is 0 Å². The number of hydrogen-bond acceptors (Lipinski definition) is 7. The van der Waals surface area contributed by atoms with Gasteiger partial charge in [-0.25, -0.2) is 9.59 Å². The van der Waals surface area contributed by atoms with Gasteiger partial charge in [-0.3, -0.25) is 4.79 Å². The van der Waals surface area contributed by atoms with Gasteiger partial charge in [-0.2, -0.15) is 0 Å². The first-order chi connectivity index (χ1) is 14.9. The minimum atomic E-state index is -1.31. The van der Waals surface area contributed by atoms with Gasteiger partial charge in [0.1, 0.15) is 24.4 Å². The Bertz CT molecular complexity index is 923. The molecule has 0 fully saturated rings. The van der Waals surface area contributed by atoms with E-state index < -0.39 is 42.3 Å². The molecule has 162 valence electrons. The molecule has 3 rings (SSSR count). The summed E-state index contributed by atoms with van der Waals surface area (Å²) in [6, 6.07) is 16.8. The van der Waals surface area contributed by atoms with Crippen LogP contribution in [-0.2, 0) is 19.0 Å². The normalized spacial score (nSPS) is 25.0. The van der Waals surface area contributed by atoms with Crippen LogP contribution in [0.3, 0.4) is 0 Å². The van der Waals surface area contributed by atoms with Gasteiger partial charge >= 0.3 is 17.9 Å². The molecule has 0 aromatic heterocycles. The number of aliphatic hydroxyl groups excluding tert-OH is 1. The highest BCUT2D eigenvalue weighted by atomic mass is 16.6. The van der Waals surface area contributed by atoms with Gasteiger partial charge < -0.3 is 19.3 Å². The summed E-state index contributed by atoms with van der Waals surface area (Å²) in [6.45, 7) is 1.68. The quantitative estimate of drug-likeness (QED) is 0.457. The number of rotatable bonds is 4. The van der Waals surface area contributed by atoms with Crippen molar-refractivity contribution >= 4 is 17.9 Å². The van der Waals surface area contributed by atoms with Crippen LogP contribution in [0, 0.1) is 0 Å². The van der Waals surface area contributed by atoms with Crippen LogP contribution in [0.15, 0.2) is 72.8 Å². The van der Waals surface area contributed by atoms with Crippen molar-refractivity contribution in [1.82, 2.24) is 0 Å².